The van der Waals surface area contributed by atoms with E-state index in [4.69, 9.17) is 22.5 Å². The SMILES string of the molecule is CCn1cc(C(=O)O)c(=O)c2cc(F)c(N3CCN(CN4N=C(c5cnccn5)N(c5ccc(OC)cc5)C4S)CC3)cc21. The van der Waals surface area contributed by atoms with Crippen molar-refractivity contribution in [2.75, 3.05) is 49.8 Å². The minimum absolute atomic E-state index is 0.0543. The zero-order valence-corrected chi connectivity index (χ0v) is 25.1. The van der Waals surface area contributed by atoms with Crippen molar-refractivity contribution < 1.29 is 19.0 Å². The second-order valence-electron chi connectivity index (χ2n) is 10.4. The van der Waals surface area contributed by atoms with Gasteiger partial charge in [-0.15, -0.1) is 12.6 Å². The van der Waals surface area contributed by atoms with Crippen LogP contribution in [0.25, 0.3) is 10.9 Å². The number of carboxylic acid groups (broad SMARTS) is 1. The maximum atomic E-state index is 15.4. The Labute approximate surface area is 258 Å². The molecule has 1 fully saturated rings. The van der Waals surface area contributed by atoms with E-state index >= 15 is 4.39 Å². The normalized spacial score (nSPS) is 17.3. The van der Waals surface area contributed by atoms with Crippen molar-refractivity contribution in [2.24, 2.45) is 5.10 Å². The van der Waals surface area contributed by atoms with Gasteiger partial charge in [0.15, 0.2) is 11.3 Å². The van der Waals surface area contributed by atoms with Gasteiger partial charge in [0.2, 0.25) is 5.43 Å². The molecule has 2 aromatic carbocycles. The van der Waals surface area contributed by atoms with Crippen LogP contribution in [0.15, 0.2) is 71.1 Å². The summed E-state index contributed by atoms with van der Waals surface area (Å²) in [6.07, 6.45) is 6.22. The molecule has 6 rings (SSSR count). The number of thiol groups is 1. The summed E-state index contributed by atoms with van der Waals surface area (Å²) in [5.41, 5.74) is 0.880. The third kappa shape index (κ3) is 5.42. The summed E-state index contributed by atoms with van der Waals surface area (Å²) in [6.45, 7) is 5.10. The number of carboxylic acids is 1. The second-order valence-corrected chi connectivity index (χ2v) is 10.9. The molecule has 0 saturated carbocycles. The average Bonchev–Trinajstić information content (AvgIpc) is 3.37. The molecule has 4 aromatic rings. The van der Waals surface area contributed by atoms with Crippen LogP contribution in [0.1, 0.15) is 23.0 Å². The fraction of sp³-hybridized carbons (Fsp3) is 0.300. The van der Waals surface area contributed by atoms with E-state index in [0.717, 1.165) is 17.5 Å². The Morgan fingerprint density at radius 2 is 1.89 bits per heavy atom. The average molecular weight is 619 g/mol. The number of fused-ring (bicyclic) bond motifs is 1. The molecule has 0 amide bonds. The number of pyridine rings is 1. The van der Waals surface area contributed by atoms with Crippen molar-refractivity contribution in [3.8, 4) is 5.75 Å². The minimum Gasteiger partial charge on any atom is -0.497 e. The molecule has 1 unspecified atom stereocenters. The van der Waals surface area contributed by atoms with Gasteiger partial charge in [-0.05, 0) is 43.3 Å². The number of amidine groups is 1. The van der Waals surface area contributed by atoms with Crippen LogP contribution in [0.4, 0.5) is 15.8 Å². The number of carbonyl (C=O) groups is 1. The van der Waals surface area contributed by atoms with Crippen molar-refractivity contribution in [2.45, 2.75) is 19.0 Å². The molecular formula is C30H31FN8O4S. The van der Waals surface area contributed by atoms with Crippen LogP contribution in [-0.4, -0.2) is 86.8 Å². The first-order chi connectivity index (χ1) is 21.3. The fourth-order valence-electron chi connectivity index (χ4n) is 5.55. The van der Waals surface area contributed by atoms with Gasteiger partial charge in [-0.3, -0.25) is 19.6 Å². The molecule has 2 aliphatic heterocycles. The maximum Gasteiger partial charge on any atom is 0.341 e. The largest absolute Gasteiger partial charge is 0.497 e. The van der Waals surface area contributed by atoms with Crippen LogP contribution in [0, 0.1) is 5.82 Å². The smallest absolute Gasteiger partial charge is 0.341 e. The summed E-state index contributed by atoms with van der Waals surface area (Å²) < 4.78 is 22.4. The highest BCUT2D eigenvalue weighted by Crippen LogP contribution is 2.31. The lowest BCUT2D eigenvalue weighted by molar-refractivity contribution is 0.0695. The number of piperazine rings is 1. The Hall–Kier alpha value is -4.69. The Bertz CT molecular complexity index is 1780. The van der Waals surface area contributed by atoms with Crippen LogP contribution in [0.3, 0.4) is 0 Å². The third-order valence-corrected chi connectivity index (χ3v) is 8.37. The number of aryl methyl sites for hydroxylation is 1. The van der Waals surface area contributed by atoms with E-state index in [-0.39, 0.29) is 10.9 Å². The van der Waals surface area contributed by atoms with Gasteiger partial charge in [0.05, 0.1) is 31.2 Å². The maximum absolute atomic E-state index is 15.4. The number of anilines is 2. The first kappa shape index (κ1) is 29.4. The van der Waals surface area contributed by atoms with Crippen LogP contribution in [0.2, 0.25) is 0 Å². The standard InChI is InChI=1S/C30H31FN8O4S/c1-3-36-17-22(29(41)42)27(40)21-14-23(31)26(15-25(21)36)37-12-10-35(11-13-37)18-38-30(44)39(19-4-6-20(43-2)7-5-19)28(34-38)24-16-32-8-9-33-24/h4-9,14-17,30,44H,3,10-13,18H2,1-2H3,(H,41,42). The zero-order chi connectivity index (χ0) is 31.0. The second kappa shape index (κ2) is 12.1. The highest BCUT2D eigenvalue weighted by atomic mass is 32.1. The minimum atomic E-state index is -1.33. The number of hydrazone groups is 1. The topological polar surface area (TPSA) is 120 Å². The van der Waals surface area contributed by atoms with Gasteiger partial charge in [-0.2, -0.15) is 5.10 Å². The number of hydrogen-bond donors (Lipinski definition) is 2. The molecular weight excluding hydrogens is 587 g/mol. The quantitative estimate of drug-likeness (QED) is 0.285. The molecule has 12 nitrogen and oxygen atoms in total. The molecule has 1 saturated heterocycles. The number of ether oxygens (including phenoxy) is 1. The molecule has 228 valence electrons. The van der Waals surface area contributed by atoms with Gasteiger partial charge < -0.3 is 19.3 Å². The van der Waals surface area contributed by atoms with Crippen LogP contribution < -0.4 is 20.0 Å². The number of hydrogen-bond acceptors (Lipinski definition) is 11. The number of nitrogens with zero attached hydrogens (tertiary/aromatic N) is 8. The molecule has 4 heterocycles. The fourth-order valence-corrected chi connectivity index (χ4v) is 5.91. The summed E-state index contributed by atoms with van der Waals surface area (Å²) in [5.74, 6) is -0.534. The summed E-state index contributed by atoms with van der Waals surface area (Å²) in [7, 11) is 1.62. The van der Waals surface area contributed by atoms with Crippen molar-refractivity contribution in [3.63, 3.8) is 0 Å². The molecule has 0 radical (unpaired) electrons. The highest BCUT2D eigenvalue weighted by molar-refractivity contribution is 7.81. The monoisotopic (exact) mass is 618 g/mol. The lowest BCUT2D eigenvalue weighted by Gasteiger charge is -2.38. The molecule has 2 aliphatic rings. The van der Waals surface area contributed by atoms with E-state index in [2.05, 4.69) is 14.9 Å². The number of methoxy groups -OCH3 is 1. The van der Waals surface area contributed by atoms with Crippen molar-refractivity contribution >= 4 is 46.7 Å². The Balaban J connectivity index is 1.20. The molecule has 2 aromatic heterocycles. The molecule has 1 atom stereocenters. The summed E-state index contributed by atoms with van der Waals surface area (Å²) in [6, 6.07) is 10.4. The van der Waals surface area contributed by atoms with Crippen molar-refractivity contribution in [3.05, 3.63) is 88.5 Å². The first-order valence-corrected chi connectivity index (χ1v) is 14.6. The highest BCUT2D eigenvalue weighted by Gasteiger charge is 2.36. The van der Waals surface area contributed by atoms with Crippen LogP contribution in [-0.2, 0) is 6.54 Å². The van der Waals surface area contributed by atoms with Gasteiger partial charge in [-0.1, -0.05) is 0 Å². The molecule has 44 heavy (non-hydrogen) atoms. The van der Waals surface area contributed by atoms with Gasteiger partial charge in [-0.25, -0.2) is 19.2 Å². The van der Waals surface area contributed by atoms with E-state index < -0.39 is 22.7 Å². The summed E-state index contributed by atoms with van der Waals surface area (Å²) in [5, 5.41) is 16.2. The third-order valence-electron chi connectivity index (χ3n) is 7.87. The van der Waals surface area contributed by atoms with Gasteiger partial charge in [0, 0.05) is 62.4 Å². The predicted octanol–water partition coefficient (Wildman–Crippen LogP) is 3.13. The number of aromatic carboxylic acids is 1. The van der Waals surface area contributed by atoms with Crippen molar-refractivity contribution in [1.82, 2.24) is 24.4 Å². The van der Waals surface area contributed by atoms with Gasteiger partial charge in [0.1, 0.15) is 22.8 Å². The van der Waals surface area contributed by atoms with Gasteiger partial charge >= 0.3 is 5.97 Å². The lowest BCUT2D eigenvalue weighted by atomic mass is 10.1. The molecule has 1 N–H and O–H groups in total. The van der Waals surface area contributed by atoms with E-state index in [9.17, 15) is 14.7 Å². The Morgan fingerprint density at radius 1 is 1.14 bits per heavy atom. The number of benzene rings is 2. The van der Waals surface area contributed by atoms with E-state index in [1.54, 1.807) is 36.3 Å². The van der Waals surface area contributed by atoms with Crippen molar-refractivity contribution in [1.29, 1.82) is 0 Å². The van der Waals surface area contributed by atoms with Crippen LogP contribution >= 0.6 is 12.6 Å². The number of halogens is 1. The van der Waals surface area contributed by atoms with E-state index in [1.807, 2.05) is 46.0 Å². The number of aromatic nitrogens is 3. The predicted molar refractivity (Wildman–Crippen MR) is 168 cm³/mol. The van der Waals surface area contributed by atoms with Crippen LogP contribution in [0.5, 0.6) is 5.75 Å². The molecule has 0 aliphatic carbocycles. The molecule has 14 heteroatoms. The van der Waals surface area contributed by atoms with E-state index in [1.165, 1.54) is 6.20 Å². The van der Waals surface area contributed by atoms with E-state index in [0.29, 0.717) is 62.1 Å². The lowest BCUT2D eigenvalue weighted by Crippen LogP contribution is -2.51. The van der Waals surface area contributed by atoms with Gasteiger partial charge in [0.25, 0.3) is 0 Å². The first-order valence-electron chi connectivity index (χ1n) is 14.1. The number of rotatable bonds is 8. The Kier molecular flexibility index (Phi) is 8.10. The molecule has 0 spiro atoms. The summed E-state index contributed by atoms with van der Waals surface area (Å²) >= 11 is 4.93. The Morgan fingerprint density at radius 3 is 2.52 bits per heavy atom. The molecule has 0 bridgehead atoms. The summed E-state index contributed by atoms with van der Waals surface area (Å²) in [4.78, 5) is 39.1. The zero-order valence-electron chi connectivity index (χ0n) is 24.2.